The molecule has 0 aliphatic carbocycles. The monoisotopic (exact) mass is 346 g/mol. The molecule has 0 spiro atoms. The number of thiocarbonyl (C=S) groups is 1. The quantitative estimate of drug-likeness (QED) is 0.531. The minimum absolute atomic E-state index is 0.0328. The van der Waals surface area contributed by atoms with E-state index >= 15 is 0 Å². The van der Waals surface area contributed by atoms with Crippen LogP contribution in [0.15, 0.2) is 84.9 Å². The molecule has 0 radical (unpaired) electrons. The Kier molecular flexibility index (Phi) is 5.54. The standard InChI is InChI=1S/C21H18N2OS/c24-20(17-11-5-2-6-12-17)18-13-7-8-14-19(18)23-21(25)22-15-16-9-3-1-4-10-16/h1-14H,15H2,(H2,22,23,25). The summed E-state index contributed by atoms with van der Waals surface area (Å²) >= 11 is 5.36. The van der Waals surface area contributed by atoms with Crippen LogP contribution in [0.1, 0.15) is 21.5 Å². The molecule has 0 saturated carbocycles. The van der Waals surface area contributed by atoms with Crippen molar-refractivity contribution in [1.82, 2.24) is 5.32 Å². The largest absolute Gasteiger partial charge is 0.358 e. The average Bonchev–Trinajstić information content (AvgIpc) is 2.68. The predicted octanol–water partition coefficient (Wildman–Crippen LogP) is 4.40. The Morgan fingerprint density at radius 2 is 1.40 bits per heavy atom. The molecule has 124 valence electrons. The fourth-order valence-corrected chi connectivity index (χ4v) is 2.66. The molecular weight excluding hydrogens is 328 g/mol. The third kappa shape index (κ3) is 4.52. The van der Waals surface area contributed by atoms with E-state index in [0.717, 1.165) is 5.56 Å². The molecule has 3 nitrogen and oxygen atoms in total. The maximum absolute atomic E-state index is 12.7. The molecule has 3 rings (SSSR count). The van der Waals surface area contributed by atoms with Crippen molar-refractivity contribution in [2.45, 2.75) is 6.54 Å². The number of nitrogens with one attached hydrogen (secondary N) is 2. The van der Waals surface area contributed by atoms with Crippen molar-refractivity contribution in [3.63, 3.8) is 0 Å². The first kappa shape index (κ1) is 16.9. The molecule has 0 atom stereocenters. The van der Waals surface area contributed by atoms with Gasteiger partial charge in [-0.3, -0.25) is 4.79 Å². The summed E-state index contributed by atoms with van der Waals surface area (Å²) in [5.74, 6) is -0.0328. The van der Waals surface area contributed by atoms with Gasteiger partial charge in [0.2, 0.25) is 0 Å². The van der Waals surface area contributed by atoms with Crippen LogP contribution >= 0.6 is 12.2 Å². The zero-order valence-corrected chi connectivity index (χ0v) is 14.4. The van der Waals surface area contributed by atoms with Crippen LogP contribution in [0.3, 0.4) is 0 Å². The van der Waals surface area contributed by atoms with E-state index in [2.05, 4.69) is 10.6 Å². The molecule has 25 heavy (non-hydrogen) atoms. The maximum atomic E-state index is 12.7. The van der Waals surface area contributed by atoms with Gasteiger partial charge in [0.1, 0.15) is 0 Å². The number of ketones is 1. The fraction of sp³-hybridized carbons (Fsp3) is 0.0476. The fourth-order valence-electron chi connectivity index (χ4n) is 2.48. The van der Waals surface area contributed by atoms with E-state index in [9.17, 15) is 4.79 Å². The summed E-state index contributed by atoms with van der Waals surface area (Å²) in [6.45, 7) is 0.626. The van der Waals surface area contributed by atoms with Crippen LogP contribution in [0.5, 0.6) is 0 Å². The van der Waals surface area contributed by atoms with Gasteiger partial charge in [0.05, 0.1) is 5.69 Å². The van der Waals surface area contributed by atoms with Gasteiger partial charge in [-0.25, -0.2) is 0 Å². The smallest absolute Gasteiger partial charge is 0.195 e. The van der Waals surface area contributed by atoms with Crippen molar-refractivity contribution < 1.29 is 4.79 Å². The lowest BCUT2D eigenvalue weighted by Crippen LogP contribution is -2.28. The van der Waals surface area contributed by atoms with Crippen LogP contribution in [-0.2, 0) is 6.54 Å². The van der Waals surface area contributed by atoms with Gasteiger partial charge in [-0.1, -0.05) is 72.8 Å². The predicted molar refractivity (Wildman–Crippen MR) is 106 cm³/mol. The molecule has 2 N–H and O–H groups in total. The molecular formula is C21H18N2OS. The number of carbonyl (C=O) groups is 1. The van der Waals surface area contributed by atoms with Crippen molar-refractivity contribution in [2.75, 3.05) is 5.32 Å². The zero-order chi connectivity index (χ0) is 17.5. The Morgan fingerprint density at radius 3 is 2.12 bits per heavy atom. The molecule has 0 amide bonds. The lowest BCUT2D eigenvalue weighted by molar-refractivity contribution is 0.103. The number of carbonyl (C=O) groups excluding carboxylic acids is 1. The number of hydrogen-bond acceptors (Lipinski definition) is 2. The molecule has 0 unspecified atom stereocenters. The zero-order valence-electron chi connectivity index (χ0n) is 13.6. The third-order valence-electron chi connectivity index (χ3n) is 3.75. The Morgan fingerprint density at radius 1 is 0.800 bits per heavy atom. The molecule has 0 fully saturated rings. The first-order valence-corrected chi connectivity index (χ1v) is 8.42. The lowest BCUT2D eigenvalue weighted by Gasteiger charge is -2.13. The van der Waals surface area contributed by atoms with E-state index in [1.807, 2.05) is 78.9 Å². The summed E-state index contributed by atoms with van der Waals surface area (Å²) in [4.78, 5) is 12.7. The Hall–Kier alpha value is -2.98. The van der Waals surface area contributed by atoms with Crippen molar-refractivity contribution in [3.05, 3.63) is 102 Å². The minimum Gasteiger partial charge on any atom is -0.358 e. The molecule has 0 aliphatic heterocycles. The number of hydrogen-bond donors (Lipinski definition) is 2. The van der Waals surface area contributed by atoms with Crippen molar-refractivity contribution >= 4 is 28.8 Å². The third-order valence-corrected chi connectivity index (χ3v) is 4.00. The maximum Gasteiger partial charge on any atom is 0.195 e. The van der Waals surface area contributed by atoms with E-state index in [1.54, 1.807) is 6.07 Å². The molecule has 0 bridgehead atoms. The highest BCUT2D eigenvalue weighted by Crippen LogP contribution is 2.19. The molecule has 4 heteroatoms. The summed E-state index contributed by atoms with van der Waals surface area (Å²) < 4.78 is 0. The van der Waals surface area contributed by atoms with Gasteiger partial charge in [0.15, 0.2) is 10.9 Å². The van der Waals surface area contributed by atoms with Crippen LogP contribution in [0.25, 0.3) is 0 Å². The topological polar surface area (TPSA) is 41.1 Å². The van der Waals surface area contributed by atoms with Crippen LogP contribution in [0.2, 0.25) is 0 Å². The minimum atomic E-state index is -0.0328. The number of anilines is 1. The summed E-state index contributed by atoms with van der Waals surface area (Å²) in [5.41, 5.74) is 3.08. The highest BCUT2D eigenvalue weighted by atomic mass is 32.1. The second-order valence-corrected chi connectivity index (χ2v) is 5.94. The van der Waals surface area contributed by atoms with Gasteiger partial charge in [-0.2, -0.15) is 0 Å². The van der Waals surface area contributed by atoms with E-state index in [4.69, 9.17) is 12.2 Å². The van der Waals surface area contributed by atoms with Gasteiger partial charge >= 0.3 is 0 Å². The summed E-state index contributed by atoms with van der Waals surface area (Å²) in [6, 6.07) is 26.6. The number of benzene rings is 3. The first-order valence-electron chi connectivity index (χ1n) is 8.01. The molecule has 3 aromatic carbocycles. The van der Waals surface area contributed by atoms with Gasteiger partial charge in [0, 0.05) is 17.7 Å². The molecule has 3 aromatic rings. The van der Waals surface area contributed by atoms with Crippen LogP contribution in [-0.4, -0.2) is 10.9 Å². The molecule has 0 aromatic heterocycles. The van der Waals surface area contributed by atoms with E-state index in [-0.39, 0.29) is 5.78 Å². The SMILES string of the molecule is O=C(c1ccccc1)c1ccccc1NC(=S)NCc1ccccc1. The van der Waals surface area contributed by atoms with Crippen molar-refractivity contribution in [3.8, 4) is 0 Å². The summed E-state index contributed by atoms with van der Waals surface area (Å²) in [5, 5.41) is 6.78. The second kappa shape index (κ2) is 8.22. The number of para-hydroxylation sites is 1. The molecule has 0 saturated heterocycles. The molecule has 0 heterocycles. The Bertz CT molecular complexity index is 863. The summed E-state index contributed by atoms with van der Waals surface area (Å²) in [6.07, 6.45) is 0. The molecule has 0 aliphatic rings. The summed E-state index contributed by atoms with van der Waals surface area (Å²) in [7, 11) is 0. The van der Waals surface area contributed by atoms with Gasteiger partial charge < -0.3 is 10.6 Å². The second-order valence-electron chi connectivity index (χ2n) is 5.53. The van der Waals surface area contributed by atoms with Crippen LogP contribution in [0.4, 0.5) is 5.69 Å². The van der Waals surface area contributed by atoms with E-state index in [0.29, 0.717) is 28.5 Å². The normalized spacial score (nSPS) is 10.1. The van der Waals surface area contributed by atoms with Crippen molar-refractivity contribution in [2.24, 2.45) is 0 Å². The highest BCUT2D eigenvalue weighted by molar-refractivity contribution is 7.80. The van der Waals surface area contributed by atoms with Gasteiger partial charge in [-0.15, -0.1) is 0 Å². The van der Waals surface area contributed by atoms with Crippen molar-refractivity contribution in [1.29, 1.82) is 0 Å². The van der Waals surface area contributed by atoms with Crippen LogP contribution in [0, 0.1) is 0 Å². The van der Waals surface area contributed by atoms with Gasteiger partial charge in [-0.05, 0) is 29.9 Å². The highest BCUT2D eigenvalue weighted by Gasteiger charge is 2.13. The first-order chi connectivity index (χ1) is 12.2. The Balaban J connectivity index is 1.70. The van der Waals surface area contributed by atoms with Gasteiger partial charge in [0.25, 0.3) is 0 Å². The Labute approximate surface area is 152 Å². The lowest BCUT2D eigenvalue weighted by atomic mass is 10.0. The van der Waals surface area contributed by atoms with Crippen LogP contribution < -0.4 is 10.6 Å². The van der Waals surface area contributed by atoms with E-state index in [1.165, 1.54) is 0 Å². The van der Waals surface area contributed by atoms with E-state index < -0.39 is 0 Å². The average molecular weight is 346 g/mol. The number of rotatable bonds is 5.